The zero-order chi connectivity index (χ0) is 16.7. The Kier molecular flexibility index (Phi) is 3.38. The normalized spacial score (nSPS) is 14.0. The van der Waals surface area contributed by atoms with Gasteiger partial charge in [0.2, 0.25) is 0 Å². The summed E-state index contributed by atoms with van der Waals surface area (Å²) >= 11 is 0. The minimum atomic E-state index is -3.82. The van der Waals surface area contributed by atoms with Crippen LogP contribution in [0.3, 0.4) is 0 Å². The number of ether oxygens (including phenoxy) is 1. The number of nitrogens with zero attached hydrogens (tertiary/aromatic N) is 3. The van der Waals surface area contributed by atoms with Gasteiger partial charge in [0.1, 0.15) is 5.75 Å². The Morgan fingerprint density at radius 1 is 1.08 bits per heavy atom. The van der Waals surface area contributed by atoms with Crippen LogP contribution in [0.15, 0.2) is 53.7 Å². The number of aromatic nitrogens is 2. The molecule has 0 fully saturated rings. The predicted octanol–water partition coefficient (Wildman–Crippen LogP) is 2.39. The van der Waals surface area contributed by atoms with Crippen LogP contribution in [0, 0.1) is 0 Å². The van der Waals surface area contributed by atoms with Crippen molar-refractivity contribution < 1.29 is 13.2 Å². The minimum Gasteiger partial charge on any atom is -0.495 e. The van der Waals surface area contributed by atoms with Crippen LogP contribution in [-0.2, 0) is 16.4 Å². The summed E-state index contributed by atoms with van der Waals surface area (Å²) < 4.78 is 33.5. The Hall–Kier alpha value is -2.67. The summed E-state index contributed by atoms with van der Waals surface area (Å²) in [6.07, 6.45) is 3.85. The van der Waals surface area contributed by atoms with Crippen molar-refractivity contribution in [3.8, 4) is 5.75 Å². The fourth-order valence-corrected chi connectivity index (χ4v) is 4.84. The summed E-state index contributed by atoms with van der Waals surface area (Å²) in [5, 5.41) is 0.752. The molecule has 0 bridgehead atoms. The summed E-state index contributed by atoms with van der Waals surface area (Å²) in [4.78, 5) is 8.65. The highest BCUT2D eigenvalue weighted by Crippen LogP contribution is 2.37. The standard InChI is InChI=1S/C17H15N3O3S/c1-23-15-7-6-12-4-2-10-19-16(12)17(15)24(21,22)20-11-8-13-14(20)5-3-9-18-13/h2-7,9-10H,8,11H2,1H3. The number of sulfonamides is 1. The van der Waals surface area contributed by atoms with Gasteiger partial charge in [0.05, 0.1) is 24.0 Å². The number of fused-ring (bicyclic) bond motifs is 2. The second kappa shape index (κ2) is 5.45. The number of hydrogen-bond acceptors (Lipinski definition) is 5. The van der Waals surface area contributed by atoms with Crippen molar-refractivity contribution in [3.63, 3.8) is 0 Å². The lowest BCUT2D eigenvalue weighted by molar-refractivity contribution is 0.404. The Morgan fingerprint density at radius 2 is 1.88 bits per heavy atom. The SMILES string of the molecule is COc1ccc2cccnc2c1S(=O)(=O)N1CCc2ncccc21. The third-order valence-corrected chi connectivity index (χ3v) is 6.02. The highest BCUT2D eigenvalue weighted by molar-refractivity contribution is 7.93. The summed E-state index contributed by atoms with van der Waals surface area (Å²) in [5.74, 6) is 0.290. The minimum absolute atomic E-state index is 0.0970. The molecular formula is C17H15N3O3S. The van der Waals surface area contributed by atoms with Crippen molar-refractivity contribution in [2.75, 3.05) is 18.0 Å². The van der Waals surface area contributed by atoms with E-state index in [4.69, 9.17) is 4.74 Å². The molecule has 0 saturated carbocycles. The molecule has 1 aliphatic heterocycles. The van der Waals surface area contributed by atoms with Gasteiger partial charge < -0.3 is 4.74 Å². The Bertz CT molecular complexity index is 1030. The summed E-state index contributed by atoms with van der Waals surface area (Å²) in [6, 6.07) is 10.6. The van der Waals surface area contributed by atoms with Crippen LogP contribution in [0.5, 0.6) is 5.75 Å². The monoisotopic (exact) mass is 341 g/mol. The van der Waals surface area contributed by atoms with E-state index in [1.807, 2.05) is 6.07 Å². The fourth-order valence-electron chi connectivity index (χ4n) is 3.05. The van der Waals surface area contributed by atoms with Crippen molar-refractivity contribution in [1.29, 1.82) is 0 Å². The first-order chi connectivity index (χ1) is 11.6. The molecule has 122 valence electrons. The van der Waals surface area contributed by atoms with Crippen LogP contribution in [0.25, 0.3) is 10.9 Å². The van der Waals surface area contributed by atoms with Crippen LogP contribution in [0.4, 0.5) is 5.69 Å². The average Bonchev–Trinajstić information content (AvgIpc) is 3.05. The highest BCUT2D eigenvalue weighted by atomic mass is 32.2. The predicted molar refractivity (Wildman–Crippen MR) is 90.8 cm³/mol. The van der Waals surface area contributed by atoms with Crippen molar-refractivity contribution in [2.45, 2.75) is 11.3 Å². The van der Waals surface area contributed by atoms with E-state index in [1.54, 1.807) is 42.7 Å². The molecule has 3 aromatic rings. The van der Waals surface area contributed by atoms with E-state index in [0.717, 1.165) is 11.1 Å². The van der Waals surface area contributed by atoms with Crippen LogP contribution in [0.2, 0.25) is 0 Å². The van der Waals surface area contributed by atoms with Gasteiger partial charge in [-0.15, -0.1) is 0 Å². The molecular weight excluding hydrogens is 326 g/mol. The Balaban J connectivity index is 1.97. The van der Waals surface area contributed by atoms with E-state index < -0.39 is 10.0 Å². The van der Waals surface area contributed by atoms with Crippen LogP contribution < -0.4 is 9.04 Å². The average molecular weight is 341 g/mol. The van der Waals surface area contributed by atoms with E-state index in [2.05, 4.69) is 9.97 Å². The Morgan fingerprint density at radius 3 is 2.71 bits per heavy atom. The van der Waals surface area contributed by atoms with E-state index >= 15 is 0 Å². The molecule has 0 aliphatic carbocycles. The fraction of sp³-hybridized carbons (Fsp3) is 0.176. The van der Waals surface area contributed by atoms with Crippen molar-refractivity contribution in [2.24, 2.45) is 0 Å². The molecule has 0 N–H and O–H groups in total. The number of benzene rings is 1. The highest BCUT2D eigenvalue weighted by Gasteiger charge is 2.35. The summed E-state index contributed by atoms with van der Waals surface area (Å²) in [6.45, 7) is 0.362. The second-order valence-electron chi connectivity index (χ2n) is 5.47. The van der Waals surface area contributed by atoms with E-state index in [0.29, 0.717) is 29.9 Å². The van der Waals surface area contributed by atoms with Crippen LogP contribution in [0.1, 0.15) is 5.69 Å². The molecule has 0 unspecified atom stereocenters. The topological polar surface area (TPSA) is 72.4 Å². The Labute approximate surface area is 139 Å². The lowest BCUT2D eigenvalue weighted by atomic mass is 10.2. The molecule has 0 radical (unpaired) electrons. The summed E-state index contributed by atoms with van der Waals surface area (Å²) in [7, 11) is -2.35. The number of rotatable bonds is 3. The summed E-state index contributed by atoms with van der Waals surface area (Å²) in [5.41, 5.74) is 1.81. The first-order valence-electron chi connectivity index (χ1n) is 7.51. The molecule has 4 rings (SSSR count). The number of pyridine rings is 2. The molecule has 24 heavy (non-hydrogen) atoms. The van der Waals surface area contributed by atoms with Crippen molar-refractivity contribution in [3.05, 3.63) is 54.5 Å². The first-order valence-corrected chi connectivity index (χ1v) is 8.95. The van der Waals surface area contributed by atoms with Gasteiger partial charge in [0.25, 0.3) is 10.0 Å². The van der Waals surface area contributed by atoms with Crippen molar-refractivity contribution in [1.82, 2.24) is 9.97 Å². The third kappa shape index (κ3) is 2.12. The molecule has 3 heterocycles. The van der Waals surface area contributed by atoms with Gasteiger partial charge in [0.15, 0.2) is 4.90 Å². The van der Waals surface area contributed by atoms with Gasteiger partial charge >= 0.3 is 0 Å². The molecule has 1 aromatic carbocycles. The van der Waals surface area contributed by atoms with Gasteiger partial charge in [-0.25, -0.2) is 8.42 Å². The van der Waals surface area contributed by atoms with Gasteiger partial charge in [0, 0.05) is 30.7 Å². The molecule has 1 aliphatic rings. The maximum atomic E-state index is 13.4. The maximum Gasteiger partial charge on any atom is 0.270 e. The molecule has 0 saturated heterocycles. The zero-order valence-electron chi connectivity index (χ0n) is 13.0. The molecule has 0 amide bonds. The smallest absolute Gasteiger partial charge is 0.270 e. The van der Waals surface area contributed by atoms with E-state index in [1.165, 1.54) is 11.4 Å². The van der Waals surface area contributed by atoms with Crippen molar-refractivity contribution >= 4 is 26.6 Å². The zero-order valence-corrected chi connectivity index (χ0v) is 13.8. The molecule has 0 atom stereocenters. The van der Waals surface area contributed by atoms with Gasteiger partial charge in [-0.3, -0.25) is 14.3 Å². The second-order valence-corrected chi connectivity index (χ2v) is 7.27. The van der Waals surface area contributed by atoms with Crippen LogP contribution >= 0.6 is 0 Å². The lowest BCUT2D eigenvalue weighted by Gasteiger charge is -2.21. The number of hydrogen-bond donors (Lipinski definition) is 0. The van der Waals surface area contributed by atoms with Gasteiger partial charge in [-0.2, -0.15) is 0 Å². The largest absolute Gasteiger partial charge is 0.495 e. The number of anilines is 1. The van der Waals surface area contributed by atoms with Crippen LogP contribution in [-0.4, -0.2) is 32.0 Å². The van der Waals surface area contributed by atoms with E-state index in [-0.39, 0.29) is 4.90 Å². The molecule has 2 aromatic heterocycles. The van der Waals surface area contributed by atoms with Gasteiger partial charge in [-0.05, 0) is 30.3 Å². The van der Waals surface area contributed by atoms with Gasteiger partial charge in [-0.1, -0.05) is 6.07 Å². The maximum absolute atomic E-state index is 13.4. The van der Waals surface area contributed by atoms with E-state index in [9.17, 15) is 8.42 Å². The molecule has 6 nitrogen and oxygen atoms in total. The number of methoxy groups -OCH3 is 1. The molecule has 0 spiro atoms. The first kappa shape index (κ1) is 14.9. The lowest BCUT2D eigenvalue weighted by Crippen LogP contribution is -2.29. The molecule has 7 heteroatoms. The third-order valence-electron chi connectivity index (χ3n) is 4.15. The quantitative estimate of drug-likeness (QED) is 0.731.